The maximum absolute atomic E-state index is 12.4. The first kappa shape index (κ1) is 18.3. The zero-order chi connectivity index (χ0) is 18.7. The molecule has 0 saturated carbocycles. The first-order valence-electron chi connectivity index (χ1n) is 7.90. The van der Waals surface area contributed by atoms with Crippen molar-refractivity contribution >= 4 is 29.2 Å². The lowest BCUT2D eigenvalue weighted by molar-refractivity contribution is 0.0520. The minimum absolute atomic E-state index is 0.209. The van der Waals surface area contributed by atoms with Gasteiger partial charge in [-0.05, 0) is 48.9 Å². The van der Waals surface area contributed by atoms with Crippen LogP contribution in [0, 0.1) is 0 Å². The normalized spacial score (nSPS) is 10.6. The van der Waals surface area contributed by atoms with Crippen LogP contribution >= 0.6 is 23.2 Å². The fourth-order valence-electron chi connectivity index (χ4n) is 2.47. The number of carbonyl (C=O) groups is 1. The summed E-state index contributed by atoms with van der Waals surface area (Å²) in [4.78, 5) is 12.4. The number of esters is 1. The third-order valence-electron chi connectivity index (χ3n) is 3.75. The van der Waals surface area contributed by atoms with Crippen LogP contribution in [0.15, 0.2) is 48.7 Å². The Kier molecular flexibility index (Phi) is 5.49. The van der Waals surface area contributed by atoms with Gasteiger partial charge in [0.05, 0.1) is 29.4 Å². The number of methoxy groups -OCH3 is 1. The first-order chi connectivity index (χ1) is 12.5. The molecule has 7 heteroatoms. The molecule has 2 aromatic carbocycles. The van der Waals surface area contributed by atoms with Gasteiger partial charge in [-0.15, -0.1) is 0 Å². The van der Waals surface area contributed by atoms with Gasteiger partial charge in [0.25, 0.3) is 0 Å². The Bertz CT molecular complexity index is 936. The summed E-state index contributed by atoms with van der Waals surface area (Å²) >= 11 is 12.1. The molecule has 0 unspecified atom stereocenters. The number of hydrogen-bond acceptors (Lipinski definition) is 4. The molecule has 134 valence electrons. The first-order valence-corrected chi connectivity index (χ1v) is 8.65. The third kappa shape index (κ3) is 3.69. The van der Waals surface area contributed by atoms with Crippen molar-refractivity contribution < 1.29 is 14.3 Å². The highest BCUT2D eigenvalue weighted by Gasteiger charge is 2.20. The fourth-order valence-corrected chi connectivity index (χ4v) is 2.76. The largest absolute Gasteiger partial charge is 0.497 e. The molecular formula is C19H16Cl2N2O3. The Hall–Kier alpha value is -2.50. The monoisotopic (exact) mass is 390 g/mol. The highest BCUT2D eigenvalue weighted by molar-refractivity contribution is 6.42. The lowest BCUT2D eigenvalue weighted by Gasteiger charge is -2.03. The van der Waals surface area contributed by atoms with E-state index in [1.807, 2.05) is 24.3 Å². The standard InChI is InChI=1S/C19H16Cl2N2O3/c1-3-26-19(24)18-15(12-4-9-16(20)17(21)10-12)11-23(22-18)13-5-7-14(25-2)8-6-13/h4-11H,3H2,1-2H3. The second kappa shape index (κ2) is 7.81. The summed E-state index contributed by atoms with van der Waals surface area (Å²) in [5.74, 6) is 0.233. The van der Waals surface area contributed by atoms with Gasteiger partial charge in [-0.2, -0.15) is 5.10 Å². The molecule has 0 spiro atoms. The van der Waals surface area contributed by atoms with E-state index in [1.165, 1.54) is 0 Å². The van der Waals surface area contributed by atoms with E-state index in [4.69, 9.17) is 32.7 Å². The van der Waals surface area contributed by atoms with Crippen LogP contribution in [0.4, 0.5) is 0 Å². The van der Waals surface area contributed by atoms with Gasteiger partial charge in [-0.1, -0.05) is 29.3 Å². The van der Waals surface area contributed by atoms with Crippen LogP contribution in [0.1, 0.15) is 17.4 Å². The molecule has 0 N–H and O–H groups in total. The lowest BCUT2D eigenvalue weighted by atomic mass is 10.1. The smallest absolute Gasteiger partial charge is 0.359 e. The lowest BCUT2D eigenvalue weighted by Crippen LogP contribution is -2.07. The number of ether oxygens (including phenoxy) is 2. The van der Waals surface area contributed by atoms with Crippen LogP contribution in [0.3, 0.4) is 0 Å². The molecule has 0 bridgehead atoms. The Balaban J connectivity index is 2.10. The minimum Gasteiger partial charge on any atom is -0.497 e. The highest BCUT2D eigenvalue weighted by Crippen LogP contribution is 2.31. The molecule has 0 fully saturated rings. The molecule has 3 rings (SSSR count). The Morgan fingerprint density at radius 1 is 1.12 bits per heavy atom. The van der Waals surface area contributed by atoms with Gasteiger partial charge in [0.2, 0.25) is 0 Å². The number of carbonyl (C=O) groups excluding carboxylic acids is 1. The van der Waals surface area contributed by atoms with E-state index in [0.29, 0.717) is 15.6 Å². The van der Waals surface area contributed by atoms with E-state index in [1.54, 1.807) is 43.1 Å². The van der Waals surface area contributed by atoms with Crippen LogP contribution in [-0.2, 0) is 4.74 Å². The van der Waals surface area contributed by atoms with Crippen molar-refractivity contribution in [1.29, 1.82) is 0 Å². The molecule has 0 aliphatic heterocycles. The summed E-state index contributed by atoms with van der Waals surface area (Å²) in [6.45, 7) is 2.01. The van der Waals surface area contributed by atoms with Crippen LogP contribution in [0.5, 0.6) is 5.75 Å². The van der Waals surface area contributed by atoms with Crippen LogP contribution in [0.25, 0.3) is 16.8 Å². The molecule has 0 aliphatic rings. The predicted octanol–water partition coefficient (Wildman–Crippen LogP) is 5.03. The molecule has 0 atom stereocenters. The van der Waals surface area contributed by atoms with Gasteiger partial charge in [0.1, 0.15) is 5.75 Å². The van der Waals surface area contributed by atoms with E-state index in [9.17, 15) is 4.79 Å². The summed E-state index contributed by atoms with van der Waals surface area (Å²) in [5.41, 5.74) is 2.32. The van der Waals surface area contributed by atoms with Gasteiger partial charge in [-0.25, -0.2) is 9.48 Å². The Morgan fingerprint density at radius 3 is 2.46 bits per heavy atom. The molecule has 0 saturated heterocycles. The second-order valence-corrected chi connectivity index (χ2v) is 6.20. The average Bonchev–Trinajstić information content (AvgIpc) is 3.10. The van der Waals surface area contributed by atoms with Crippen molar-refractivity contribution in [1.82, 2.24) is 9.78 Å². The van der Waals surface area contributed by atoms with Gasteiger partial charge in [0.15, 0.2) is 5.69 Å². The Morgan fingerprint density at radius 2 is 1.85 bits per heavy atom. The molecule has 1 aromatic heterocycles. The van der Waals surface area contributed by atoms with Crippen molar-refractivity contribution in [2.75, 3.05) is 13.7 Å². The van der Waals surface area contributed by atoms with E-state index in [2.05, 4.69) is 5.10 Å². The number of hydrogen-bond donors (Lipinski definition) is 0. The van der Waals surface area contributed by atoms with Gasteiger partial charge >= 0.3 is 5.97 Å². The number of halogens is 2. The van der Waals surface area contributed by atoms with Crippen molar-refractivity contribution in [3.05, 3.63) is 64.4 Å². The summed E-state index contributed by atoms with van der Waals surface area (Å²) < 4.78 is 11.9. The average molecular weight is 391 g/mol. The topological polar surface area (TPSA) is 53.3 Å². The number of aromatic nitrogens is 2. The summed E-state index contributed by atoms with van der Waals surface area (Å²) in [5, 5.41) is 5.25. The van der Waals surface area contributed by atoms with Gasteiger partial charge < -0.3 is 9.47 Å². The molecule has 1 heterocycles. The zero-order valence-electron chi connectivity index (χ0n) is 14.2. The molecule has 3 aromatic rings. The molecule has 0 amide bonds. The maximum atomic E-state index is 12.4. The molecule has 26 heavy (non-hydrogen) atoms. The Labute approximate surface area is 161 Å². The summed E-state index contributed by atoms with van der Waals surface area (Å²) in [7, 11) is 1.60. The van der Waals surface area contributed by atoms with Gasteiger partial charge in [-0.3, -0.25) is 0 Å². The second-order valence-electron chi connectivity index (χ2n) is 5.38. The summed E-state index contributed by atoms with van der Waals surface area (Å²) in [6, 6.07) is 12.5. The van der Waals surface area contributed by atoms with Crippen molar-refractivity contribution in [3.8, 4) is 22.6 Å². The fraction of sp³-hybridized carbons (Fsp3) is 0.158. The van der Waals surface area contributed by atoms with Crippen molar-refractivity contribution in [3.63, 3.8) is 0 Å². The molecule has 0 aliphatic carbocycles. The highest BCUT2D eigenvalue weighted by atomic mass is 35.5. The quantitative estimate of drug-likeness (QED) is 0.573. The minimum atomic E-state index is -0.499. The van der Waals surface area contributed by atoms with E-state index < -0.39 is 5.97 Å². The van der Waals surface area contributed by atoms with E-state index in [0.717, 1.165) is 17.0 Å². The molecular weight excluding hydrogens is 375 g/mol. The number of benzene rings is 2. The van der Waals surface area contributed by atoms with Crippen LogP contribution in [0.2, 0.25) is 10.0 Å². The van der Waals surface area contributed by atoms with Crippen LogP contribution in [-0.4, -0.2) is 29.5 Å². The van der Waals surface area contributed by atoms with Crippen LogP contribution < -0.4 is 4.74 Å². The van der Waals surface area contributed by atoms with Gasteiger partial charge in [0, 0.05) is 11.8 Å². The number of nitrogens with zero attached hydrogens (tertiary/aromatic N) is 2. The molecule has 5 nitrogen and oxygen atoms in total. The van der Waals surface area contributed by atoms with E-state index in [-0.39, 0.29) is 12.3 Å². The van der Waals surface area contributed by atoms with Crippen molar-refractivity contribution in [2.45, 2.75) is 6.92 Å². The third-order valence-corrected chi connectivity index (χ3v) is 4.49. The predicted molar refractivity (Wildman–Crippen MR) is 102 cm³/mol. The SMILES string of the molecule is CCOC(=O)c1nn(-c2ccc(OC)cc2)cc1-c1ccc(Cl)c(Cl)c1. The summed E-state index contributed by atoms with van der Waals surface area (Å²) in [6.07, 6.45) is 1.76. The zero-order valence-corrected chi connectivity index (χ0v) is 15.7. The van der Waals surface area contributed by atoms with Crippen molar-refractivity contribution in [2.24, 2.45) is 0 Å². The number of rotatable bonds is 5. The van der Waals surface area contributed by atoms with E-state index >= 15 is 0 Å². The maximum Gasteiger partial charge on any atom is 0.359 e. The molecule has 0 radical (unpaired) electrons.